The van der Waals surface area contributed by atoms with Crippen LogP contribution in [0.4, 0.5) is 0 Å². The molecule has 0 bridgehead atoms. The Bertz CT molecular complexity index is 1110. The Morgan fingerprint density at radius 1 is 0.276 bits per heavy atom. The fraction of sp³-hybridized carbons (Fsp3) is 0.979. The van der Waals surface area contributed by atoms with Gasteiger partial charge < -0.3 is 103 Å². The first-order chi connectivity index (χ1) is 36.3. The van der Waals surface area contributed by atoms with Crippen molar-refractivity contribution in [3.8, 4) is 0 Å². The summed E-state index contributed by atoms with van der Waals surface area (Å²) in [5.74, 6) is 0.226. The molecule has 0 atom stereocenters. The molecule has 0 amide bonds. The summed E-state index contributed by atoms with van der Waals surface area (Å²) in [4.78, 5) is 10.7. The molecule has 0 aromatic rings. The van der Waals surface area contributed by atoms with E-state index in [1.165, 1.54) is 0 Å². The summed E-state index contributed by atoms with van der Waals surface area (Å²) < 4.78 is 115. The number of rotatable bonds is 45. The molecule has 0 aromatic heterocycles. The van der Waals surface area contributed by atoms with Crippen LogP contribution in [0.5, 0.6) is 0 Å². The number of hydrogen-bond donors (Lipinski definition) is 0. The maximum atomic E-state index is 10.7. The number of ketones is 1. The summed E-state index contributed by atoms with van der Waals surface area (Å²) in [6.45, 7) is 14.7. The molecule has 0 saturated heterocycles. The van der Waals surface area contributed by atoms with Gasteiger partial charge in [-0.15, -0.1) is 0 Å². The molecule has 0 aliphatic carbocycles. The molecule has 0 rings (SSSR count). The normalized spacial score (nSPS) is 11.9. The van der Waals surface area contributed by atoms with E-state index in [2.05, 4.69) is 13.8 Å². The van der Waals surface area contributed by atoms with Gasteiger partial charge in [-0.2, -0.15) is 0 Å². The average Bonchev–Trinajstić information content (AvgIpc) is 3.46. The third-order valence-electron chi connectivity index (χ3n) is 11.4. The molecule has 0 heterocycles. The highest BCUT2D eigenvalue weighted by molar-refractivity contribution is 6.62. The predicted molar refractivity (Wildman–Crippen MR) is 309 cm³/mol. The van der Waals surface area contributed by atoms with Crippen LogP contribution < -0.4 is 0 Å². The molecule has 0 spiro atoms. The van der Waals surface area contributed by atoms with E-state index in [1.54, 1.807) is 142 Å². The van der Waals surface area contributed by atoms with E-state index in [1.807, 2.05) is 13.8 Å². The molecule has 0 fully saturated rings. The summed E-state index contributed by atoms with van der Waals surface area (Å²) in [7, 11) is 17.0. The van der Waals surface area contributed by atoms with Crippen molar-refractivity contribution in [3.63, 3.8) is 0 Å². The second kappa shape index (κ2) is 59.7. The highest BCUT2D eigenvalue weighted by Gasteiger charge is 2.40. The second-order valence-corrected chi connectivity index (χ2v) is 34.4. The fourth-order valence-electron chi connectivity index (χ4n) is 6.48. The van der Waals surface area contributed by atoms with Gasteiger partial charge in [0.05, 0.1) is 13.2 Å². The monoisotopic (exact) mass is 1220 g/mol. The Kier molecular flexibility index (Phi) is 68.6. The molecule has 0 aromatic carbocycles. The van der Waals surface area contributed by atoms with Crippen LogP contribution in [0.1, 0.15) is 92.4 Å². The predicted octanol–water partition coefficient (Wildman–Crippen LogP) is 8.06. The lowest BCUT2D eigenvalue weighted by molar-refractivity contribution is -0.117. The standard InChI is InChI=1S/C10H24O5Si.C9H20O4Si.C8H20O4Si.C7H18O4Si.C7H18O3Si.C6H16O3Si/c1-5-14-8-9-15-7-6-10-16(11-2,12-3)13-4;1-9(10)7-5-6-8-14(11-2,12-3)13-4;1-5-12-7-6-8-13(9-2,10-3)11-4;1-8-6-5-7-12(9-2,10-3)11-4;1-5-6-7-11(8-2,9-3)10-4;1-5-6-10(7-2,8-3)9-4/h5-10H2,1-4H3;5-8H2,1-4H3;5-8H2,1-4H3;5-7H2,1-4H3;5-7H2,1-4H3;5-6H2,1-4H3. The van der Waals surface area contributed by atoms with Gasteiger partial charge in [0.2, 0.25) is 0 Å². The van der Waals surface area contributed by atoms with Gasteiger partial charge in [-0.05, 0) is 59.3 Å². The largest absolute Gasteiger partial charge is 0.500 e. The molecule has 0 unspecified atom stereocenters. The zero-order valence-electron chi connectivity index (χ0n) is 52.4. The van der Waals surface area contributed by atoms with Crippen molar-refractivity contribution in [2.75, 3.05) is 181 Å². The Morgan fingerprint density at radius 3 is 0.776 bits per heavy atom. The van der Waals surface area contributed by atoms with Crippen molar-refractivity contribution in [3.05, 3.63) is 0 Å². The molecule has 0 radical (unpaired) electrons. The Hall–Kier alpha value is 0.0913. The van der Waals surface area contributed by atoms with Crippen LogP contribution >= 0.6 is 0 Å². The number of carbonyl (C=O) groups excluding carboxylic acids is 1. The lowest BCUT2D eigenvalue weighted by Crippen LogP contribution is -2.42. The molecule has 0 N–H and O–H groups in total. The van der Waals surface area contributed by atoms with E-state index in [-0.39, 0.29) is 5.78 Å². The number of unbranched alkanes of at least 4 members (excludes halogenated alkanes) is 2. The van der Waals surface area contributed by atoms with E-state index in [0.29, 0.717) is 32.8 Å². The summed E-state index contributed by atoms with van der Waals surface area (Å²) in [5.41, 5.74) is 0. The van der Waals surface area contributed by atoms with Crippen molar-refractivity contribution in [2.45, 2.75) is 129 Å². The molecule has 76 heavy (non-hydrogen) atoms. The third-order valence-corrected chi connectivity index (χ3v) is 28.5. The summed E-state index contributed by atoms with van der Waals surface area (Å²) in [6, 6.07) is 4.93. The van der Waals surface area contributed by atoms with Crippen molar-refractivity contribution < 1.29 is 103 Å². The summed E-state index contributed by atoms with van der Waals surface area (Å²) in [5, 5.41) is 0. The molecule has 29 heteroatoms. The number of Topliss-reactive ketones (excluding diaryl/α,β-unsaturated/α-hetero) is 1. The fourth-order valence-corrected chi connectivity index (χ4v) is 17.0. The zero-order chi connectivity index (χ0) is 59.7. The van der Waals surface area contributed by atoms with Crippen molar-refractivity contribution >= 4 is 58.6 Å². The van der Waals surface area contributed by atoms with Crippen LogP contribution in [0.15, 0.2) is 0 Å². The van der Waals surface area contributed by atoms with Crippen LogP contribution in [-0.2, 0) is 103 Å². The maximum absolute atomic E-state index is 10.7. The lowest BCUT2D eigenvalue weighted by Gasteiger charge is -2.24. The molecule has 0 saturated carbocycles. The van der Waals surface area contributed by atoms with Gasteiger partial charge in [-0.1, -0.05) is 26.7 Å². The van der Waals surface area contributed by atoms with Gasteiger partial charge in [0.15, 0.2) is 0 Å². The van der Waals surface area contributed by atoms with Crippen molar-refractivity contribution in [1.82, 2.24) is 0 Å². The topological polar surface area (TPSA) is 220 Å². The van der Waals surface area contributed by atoms with Crippen LogP contribution in [0.3, 0.4) is 0 Å². The highest BCUT2D eigenvalue weighted by atomic mass is 28.4. The van der Waals surface area contributed by atoms with Gasteiger partial charge in [0.1, 0.15) is 5.78 Å². The first-order valence-corrected chi connectivity index (χ1v) is 37.6. The number of methoxy groups -OCH3 is 1. The lowest BCUT2D eigenvalue weighted by atomic mass is 10.2. The van der Waals surface area contributed by atoms with Gasteiger partial charge in [-0.3, -0.25) is 0 Å². The van der Waals surface area contributed by atoms with Crippen LogP contribution in [-0.4, -0.2) is 240 Å². The summed E-state index contributed by atoms with van der Waals surface area (Å²) >= 11 is 0. The minimum absolute atomic E-state index is 0.226. The SMILES string of the molecule is CCCC[Si](OC)(OC)OC.CCC[Si](OC)(OC)OC.CCOCCC[Si](OC)(OC)OC.CCOCCOCCC[Si](OC)(OC)OC.COCCC[Si](OC)(OC)OC.CO[Si](CCCCC(C)=O)(OC)OC. The minimum atomic E-state index is -2.40. The third kappa shape index (κ3) is 44.7. The van der Waals surface area contributed by atoms with Gasteiger partial charge in [-0.25, -0.2) is 0 Å². The highest BCUT2D eigenvalue weighted by Crippen LogP contribution is 2.19. The Morgan fingerprint density at radius 2 is 0.526 bits per heavy atom. The molecule has 466 valence electrons. The first-order valence-electron chi connectivity index (χ1n) is 26.0. The zero-order valence-corrected chi connectivity index (χ0v) is 58.4. The number of ether oxygens (including phenoxy) is 4. The summed E-state index contributed by atoms with van der Waals surface area (Å²) in [6.07, 6.45) is 8.36. The minimum Gasteiger partial charge on any atom is -0.385 e. The van der Waals surface area contributed by atoms with E-state index >= 15 is 0 Å². The van der Waals surface area contributed by atoms with E-state index in [9.17, 15) is 4.79 Å². The van der Waals surface area contributed by atoms with Gasteiger partial charge in [0.25, 0.3) is 0 Å². The number of carbonyl (C=O) groups is 1. The molecular formula is C47H116O23Si6. The number of hydrogen-bond acceptors (Lipinski definition) is 23. The molecule has 0 aliphatic heterocycles. The van der Waals surface area contributed by atoms with E-state index in [0.717, 1.165) is 107 Å². The van der Waals surface area contributed by atoms with Crippen molar-refractivity contribution in [2.24, 2.45) is 0 Å². The van der Waals surface area contributed by atoms with Crippen LogP contribution in [0.2, 0.25) is 36.3 Å². The maximum Gasteiger partial charge on any atom is 0.500 e. The van der Waals surface area contributed by atoms with E-state index in [4.69, 9.17) is 98.6 Å². The van der Waals surface area contributed by atoms with Crippen molar-refractivity contribution in [1.29, 1.82) is 0 Å². The van der Waals surface area contributed by atoms with Crippen LogP contribution in [0, 0.1) is 0 Å². The average molecular weight is 1220 g/mol. The smallest absolute Gasteiger partial charge is 0.385 e. The molecule has 23 nitrogen and oxygen atoms in total. The first kappa shape index (κ1) is 87.3. The van der Waals surface area contributed by atoms with Gasteiger partial charge >= 0.3 is 52.8 Å². The Labute approximate surface area is 470 Å². The van der Waals surface area contributed by atoms with E-state index < -0.39 is 52.8 Å². The molecular weight excluding hydrogens is 1100 g/mol. The quantitative estimate of drug-likeness (QED) is 0.0416. The Balaban J connectivity index is -0.000000195. The molecule has 0 aliphatic rings. The second-order valence-electron chi connectivity index (χ2n) is 15.8. The van der Waals surface area contributed by atoms with Gasteiger partial charge in [0, 0.05) is 211 Å². The van der Waals surface area contributed by atoms with Crippen LogP contribution in [0.25, 0.3) is 0 Å².